The highest BCUT2D eigenvalue weighted by atomic mass is 79.9. The minimum Gasteiger partial charge on any atom is -0.370 e. The molecule has 0 spiro atoms. The first-order chi connectivity index (χ1) is 9.93. The summed E-state index contributed by atoms with van der Waals surface area (Å²) in [6.07, 6.45) is 1.06. The molecular weight excluding hydrogens is 370 g/mol. The molecule has 2 heterocycles. The number of aromatic nitrogens is 2. The SMILES string of the molecule is CCCNc1nc(-c2cc(Br)c(Cl)s2)nc(C)c1C(C)C. The fraction of sp³-hybridized carbons (Fsp3) is 0.467. The van der Waals surface area contributed by atoms with Gasteiger partial charge in [0.2, 0.25) is 0 Å². The van der Waals surface area contributed by atoms with Crippen LogP contribution >= 0.6 is 38.9 Å². The first-order valence-corrected chi connectivity index (χ1v) is 9.00. The minimum absolute atomic E-state index is 0.386. The van der Waals surface area contributed by atoms with Gasteiger partial charge in [-0.2, -0.15) is 0 Å². The van der Waals surface area contributed by atoms with E-state index in [1.807, 2.05) is 13.0 Å². The van der Waals surface area contributed by atoms with E-state index in [-0.39, 0.29) is 0 Å². The largest absolute Gasteiger partial charge is 0.370 e. The van der Waals surface area contributed by atoms with Gasteiger partial charge >= 0.3 is 0 Å². The third-order valence-corrected chi connectivity index (χ3v) is 5.59. The molecule has 0 unspecified atom stereocenters. The van der Waals surface area contributed by atoms with Gasteiger partial charge in [-0.05, 0) is 41.3 Å². The molecule has 6 heteroatoms. The first kappa shape index (κ1) is 16.7. The third-order valence-electron chi connectivity index (χ3n) is 3.12. The maximum atomic E-state index is 6.12. The van der Waals surface area contributed by atoms with Crippen molar-refractivity contribution < 1.29 is 0 Å². The predicted octanol–water partition coefficient (Wildman–Crippen LogP) is 5.87. The minimum atomic E-state index is 0.386. The van der Waals surface area contributed by atoms with Crippen LogP contribution in [0.25, 0.3) is 10.7 Å². The fourth-order valence-electron chi connectivity index (χ4n) is 2.22. The molecule has 0 aliphatic heterocycles. The molecule has 0 saturated carbocycles. The van der Waals surface area contributed by atoms with Crippen LogP contribution in [0.3, 0.4) is 0 Å². The zero-order valence-electron chi connectivity index (χ0n) is 12.6. The van der Waals surface area contributed by atoms with Crippen molar-refractivity contribution in [2.75, 3.05) is 11.9 Å². The highest BCUT2D eigenvalue weighted by molar-refractivity contribution is 9.10. The molecule has 3 nitrogen and oxygen atoms in total. The van der Waals surface area contributed by atoms with Gasteiger partial charge < -0.3 is 5.32 Å². The van der Waals surface area contributed by atoms with Crippen molar-refractivity contribution in [3.05, 3.63) is 26.1 Å². The van der Waals surface area contributed by atoms with Gasteiger partial charge in [-0.3, -0.25) is 0 Å². The smallest absolute Gasteiger partial charge is 0.171 e. The molecule has 2 rings (SSSR count). The average Bonchev–Trinajstić information content (AvgIpc) is 2.75. The Morgan fingerprint density at radius 3 is 2.62 bits per heavy atom. The summed E-state index contributed by atoms with van der Waals surface area (Å²) in [6.45, 7) is 9.43. The number of aryl methyl sites for hydroxylation is 1. The van der Waals surface area contributed by atoms with Crippen LogP contribution in [-0.2, 0) is 0 Å². The average molecular weight is 389 g/mol. The fourth-order valence-corrected chi connectivity index (χ4v) is 3.85. The van der Waals surface area contributed by atoms with Gasteiger partial charge in [0.15, 0.2) is 5.82 Å². The highest BCUT2D eigenvalue weighted by Gasteiger charge is 2.17. The Kier molecular flexibility index (Phi) is 5.63. The first-order valence-electron chi connectivity index (χ1n) is 7.01. The van der Waals surface area contributed by atoms with E-state index < -0.39 is 0 Å². The molecule has 114 valence electrons. The van der Waals surface area contributed by atoms with Gasteiger partial charge in [0.05, 0.1) is 4.88 Å². The van der Waals surface area contributed by atoms with E-state index in [2.05, 4.69) is 47.0 Å². The molecule has 0 amide bonds. The second kappa shape index (κ2) is 7.07. The Morgan fingerprint density at radius 2 is 2.10 bits per heavy atom. The Morgan fingerprint density at radius 1 is 1.38 bits per heavy atom. The number of nitrogens with one attached hydrogen (secondary N) is 1. The van der Waals surface area contributed by atoms with E-state index >= 15 is 0 Å². The molecule has 0 aliphatic carbocycles. The maximum absolute atomic E-state index is 6.12. The van der Waals surface area contributed by atoms with Crippen LogP contribution in [0, 0.1) is 6.92 Å². The van der Waals surface area contributed by atoms with Crippen molar-refractivity contribution in [2.24, 2.45) is 0 Å². The summed E-state index contributed by atoms with van der Waals surface area (Å²) in [5, 5.41) is 3.43. The van der Waals surface area contributed by atoms with Crippen LogP contribution in [0.2, 0.25) is 4.34 Å². The summed E-state index contributed by atoms with van der Waals surface area (Å²) in [5.74, 6) is 2.06. The molecule has 1 N–H and O–H groups in total. The van der Waals surface area contributed by atoms with Crippen molar-refractivity contribution in [3.63, 3.8) is 0 Å². The molecule has 0 aromatic carbocycles. The van der Waals surface area contributed by atoms with Crippen molar-refractivity contribution >= 4 is 44.7 Å². The quantitative estimate of drug-likeness (QED) is 0.695. The summed E-state index contributed by atoms with van der Waals surface area (Å²) < 4.78 is 1.61. The third kappa shape index (κ3) is 3.76. The molecule has 0 saturated heterocycles. The van der Waals surface area contributed by atoms with E-state index in [0.29, 0.717) is 5.92 Å². The van der Waals surface area contributed by atoms with Gasteiger partial charge in [0.1, 0.15) is 10.2 Å². The lowest BCUT2D eigenvalue weighted by Crippen LogP contribution is -2.10. The van der Waals surface area contributed by atoms with Crippen LogP contribution in [0.15, 0.2) is 10.5 Å². The van der Waals surface area contributed by atoms with Crippen molar-refractivity contribution in [3.8, 4) is 10.7 Å². The van der Waals surface area contributed by atoms with E-state index in [1.54, 1.807) is 0 Å². The molecule has 0 bridgehead atoms. The lowest BCUT2D eigenvalue weighted by molar-refractivity contribution is 0.827. The number of halogens is 2. The molecule has 2 aromatic heterocycles. The van der Waals surface area contributed by atoms with E-state index in [9.17, 15) is 0 Å². The second-order valence-electron chi connectivity index (χ2n) is 5.21. The molecule has 0 atom stereocenters. The van der Waals surface area contributed by atoms with Crippen molar-refractivity contribution in [1.29, 1.82) is 0 Å². The van der Waals surface area contributed by atoms with Crippen LogP contribution in [-0.4, -0.2) is 16.5 Å². The Bertz CT molecular complexity index is 621. The second-order valence-corrected chi connectivity index (χ2v) is 7.72. The number of rotatable bonds is 5. The Balaban J connectivity index is 2.51. The predicted molar refractivity (Wildman–Crippen MR) is 95.7 cm³/mol. The summed E-state index contributed by atoms with van der Waals surface area (Å²) in [6, 6.07) is 1.97. The maximum Gasteiger partial charge on any atom is 0.171 e. The molecular formula is C15H19BrClN3S. The monoisotopic (exact) mass is 387 g/mol. The van der Waals surface area contributed by atoms with Crippen molar-refractivity contribution in [1.82, 2.24) is 9.97 Å². The highest BCUT2D eigenvalue weighted by Crippen LogP contribution is 2.38. The zero-order valence-corrected chi connectivity index (χ0v) is 15.8. The number of hydrogen-bond acceptors (Lipinski definition) is 4. The normalized spacial score (nSPS) is 11.2. The lowest BCUT2D eigenvalue weighted by Gasteiger charge is -2.16. The van der Waals surface area contributed by atoms with Crippen molar-refractivity contribution in [2.45, 2.75) is 40.0 Å². The van der Waals surface area contributed by atoms with Crippen LogP contribution in [0.1, 0.15) is 44.4 Å². The molecule has 21 heavy (non-hydrogen) atoms. The van der Waals surface area contributed by atoms with Gasteiger partial charge in [-0.1, -0.05) is 32.4 Å². The lowest BCUT2D eigenvalue weighted by atomic mass is 10.0. The topological polar surface area (TPSA) is 37.8 Å². The van der Waals surface area contributed by atoms with E-state index in [0.717, 1.165) is 44.0 Å². The number of anilines is 1. The summed E-state index contributed by atoms with van der Waals surface area (Å²) in [5.41, 5.74) is 2.21. The van der Waals surface area contributed by atoms with Crippen LogP contribution < -0.4 is 5.32 Å². The molecule has 0 radical (unpaired) electrons. The van der Waals surface area contributed by atoms with Crippen LogP contribution in [0.5, 0.6) is 0 Å². The molecule has 2 aromatic rings. The standard InChI is InChI=1S/C15H19BrClN3S/c1-5-6-18-15-12(8(2)3)9(4)19-14(20-15)11-7-10(16)13(17)21-11/h7-8H,5-6H2,1-4H3,(H,18,19,20). The number of thiophene rings is 1. The summed E-state index contributed by atoms with van der Waals surface area (Å²) in [4.78, 5) is 10.4. The van der Waals surface area contributed by atoms with Gasteiger partial charge in [-0.25, -0.2) is 9.97 Å². The Labute approximate surface area is 143 Å². The van der Waals surface area contributed by atoms with Crippen LogP contribution in [0.4, 0.5) is 5.82 Å². The van der Waals surface area contributed by atoms with Gasteiger partial charge in [-0.15, -0.1) is 11.3 Å². The molecule has 0 aliphatic rings. The van der Waals surface area contributed by atoms with Gasteiger partial charge in [0.25, 0.3) is 0 Å². The summed E-state index contributed by atoms with van der Waals surface area (Å²) >= 11 is 11.1. The van der Waals surface area contributed by atoms with E-state index in [1.165, 1.54) is 16.9 Å². The number of hydrogen-bond donors (Lipinski definition) is 1. The Hall–Kier alpha value is -0.650. The zero-order chi connectivity index (χ0) is 15.6. The van der Waals surface area contributed by atoms with Gasteiger partial charge in [0, 0.05) is 22.3 Å². The molecule has 0 fully saturated rings. The number of nitrogens with zero attached hydrogens (tertiary/aromatic N) is 2. The van der Waals surface area contributed by atoms with E-state index in [4.69, 9.17) is 16.6 Å². The summed E-state index contributed by atoms with van der Waals surface area (Å²) in [7, 11) is 0.